The number of nitrogens with two attached hydrogens (primary N) is 1. The van der Waals surface area contributed by atoms with Crippen molar-refractivity contribution in [2.45, 2.75) is 37.8 Å². The van der Waals surface area contributed by atoms with E-state index in [0.717, 1.165) is 30.2 Å². The molecule has 0 saturated heterocycles. The van der Waals surface area contributed by atoms with Gasteiger partial charge in [0.1, 0.15) is 5.82 Å². The highest BCUT2D eigenvalue weighted by Gasteiger charge is 2.19. The number of halogens is 2. The number of nitrogens with one attached hydrogen (secondary N) is 1. The third-order valence-electron chi connectivity index (χ3n) is 3.01. The van der Waals surface area contributed by atoms with Crippen molar-refractivity contribution in [3.63, 3.8) is 0 Å². The first-order valence-electron chi connectivity index (χ1n) is 5.62. The van der Waals surface area contributed by atoms with Gasteiger partial charge in [-0.15, -0.1) is 0 Å². The van der Waals surface area contributed by atoms with E-state index in [1.54, 1.807) is 6.07 Å². The lowest BCUT2D eigenvalue weighted by Gasteiger charge is -2.28. The van der Waals surface area contributed by atoms with Gasteiger partial charge in [0.05, 0.1) is 5.69 Å². The van der Waals surface area contributed by atoms with Gasteiger partial charge in [-0.1, -0.05) is 15.9 Å². The van der Waals surface area contributed by atoms with Crippen LogP contribution in [0.5, 0.6) is 0 Å². The quantitative estimate of drug-likeness (QED) is 0.876. The average Bonchev–Trinajstić information content (AvgIpc) is 2.22. The molecule has 1 aliphatic carbocycles. The van der Waals surface area contributed by atoms with Crippen LogP contribution in [-0.4, -0.2) is 12.1 Å². The lowest BCUT2D eigenvalue weighted by atomic mass is 9.91. The molecule has 1 saturated carbocycles. The maximum absolute atomic E-state index is 13.6. The van der Waals surface area contributed by atoms with Crippen molar-refractivity contribution in [1.29, 1.82) is 0 Å². The minimum atomic E-state index is -0.214. The van der Waals surface area contributed by atoms with Crippen LogP contribution >= 0.6 is 15.9 Å². The van der Waals surface area contributed by atoms with Gasteiger partial charge >= 0.3 is 0 Å². The Balaban J connectivity index is 2.02. The zero-order valence-electron chi connectivity index (χ0n) is 9.05. The summed E-state index contributed by atoms with van der Waals surface area (Å²) in [5.41, 5.74) is 6.47. The molecule has 88 valence electrons. The second kappa shape index (κ2) is 5.15. The summed E-state index contributed by atoms with van der Waals surface area (Å²) in [5.74, 6) is -0.214. The van der Waals surface area contributed by atoms with Crippen molar-refractivity contribution in [3.8, 4) is 0 Å². The summed E-state index contributed by atoms with van der Waals surface area (Å²) in [6.45, 7) is 0. The molecule has 16 heavy (non-hydrogen) atoms. The Morgan fingerprint density at radius 3 is 2.88 bits per heavy atom. The van der Waals surface area contributed by atoms with Gasteiger partial charge in [0, 0.05) is 16.6 Å². The van der Waals surface area contributed by atoms with Crippen LogP contribution in [0.15, 0.2) is 22.7 Å². The minimum absolute atomic E-state index is 0.214. The fourth-order valence-corrected chi connectivity index (χ4v) is 2.52. The summed E-state index contributed by atoms with van der Waals surface area (Å²) in [6, 6.07) is 5.64. The van der Waals surface area contributed by atoms with E-state index in [9.17, 15) is 4.39 Å². The molecule has 1 aromatic carbocycles. The Morgan fingerprint density at radius 2 is 2.19 bits per heavy atom. The van der Waals surface area contributed by atoms with Crippen LogP contribution in [0.1, 0.15) is 25.7 Å². The van der Waals surface area contributed by atoms with Gasteiger partial charge in [-0.2, -0.15) is 0 Å². The van der Waals surface area contributed by atoms with Crippen molar-refractivity contribution < 1.29 is 4.39 Å². The molecular weight excluding hydrogens is 271 g/mol. The molecule has 0 aliphatic heterocycles. The number of rotatable bonds is 2. The Bertz CT molecular complexity index is 370. The first kappa shape index (κ1) is 11.9. The summed E-state index contributed by atoms with van der Waals surface area (Å²) in [5, 5.41) is 3.23. The van der Waals surface area contributed by atoms with Crippen molar-refractivity contribution in [3.05, 3.63) is 28.5 Å². The Labute approximate surface area is 104 Å². The summed E-state index contributed by atoms with van der Waals surface area (Å²) < 4.78 is 14.3. The molecule has 1 aliphatic rings. The van der Waals surface area contributed by atoms with E-state index in [-0.39, 0.29) is 11.9 Å². The molecule has 1 aromatic rings. The van der Waals surface area contributed by atoms with E-state index in [1.165, 1.54) is 6.07 Å². The Hall–Kier alpha value is -0.610. The molecule has 0 amide bonds. The van der Waals surface area contributed by atoms with Crippen molar-refractivity contribution >= 4 is 21.6 Å². The molecule has 0 radical (unpaired) electrons. The van der Waals surface area contributed by atoms with E-state index >= 15 is 0 Å². The lowest BCUT2D eigenvalue weighted by molar-refractivity contribution is 0.408. The van der Waals surface area contributed by atoms with Crippen LogP contribution in [0.2, 0.25) is 0 Å². The number of anilines is 1. The first-order valence-corrected chi connectivity index (χ1v) is 6.41. The maximum atomic E-state index is 13.6. The maximum Gasteiger partial charge on any atom is 0.147 e. The number of benzene rings is 1. The minimum Gasteiger partial charge on any atom is -0.380 e. The second-order valence-corrected chi connectivity index (χ2v) is 5.31. The molecule has 2 atom stereocenters. The lowest BCUT2D eigenvalue weighted by Crippen LogP contribution is -2.35. The van der Waals surface area contributed by atoms with E-state index in [2.05, 4.69) is 21.2 Å². The van der Waals surface area contributed by atoms with Gasteiger partial charge in [-0.05, 0) is 43.9 Å². The molecule has 2 unspecified atom stereocenters. The summed E-state index contributed by atoms with van der Waals surface area (Å²) >= 11 is 3.24. The molecule has 1 fully saturated rings. The predicted octanol–water partition coefficient (Wildman–Crippen LogP) is 3.27. The number of hydrogen-bond donors (Lipinski definition) is 2. The predicted molar refractivity (Wildman–Crippen MR) is 68.0 cm³/mol. The molecular formula is C12H16BrFN2. The molecule has 0 spiro atoms. The normalized spacial score (nSPS) is 25.4. The largest absolute Gasteiger partial charge is 0.380 e. The molecule has 0 bridgehead atoms. The molecule has 2 nitrogen and oxygen atoms in total. The number of hydrogen-bond acceptors (Lipinski definition) is 2. The van der Waals surface area contributed by atoms with Crippen molar-refractivity contribution in [2.75, 3.05) is 5.32 Å². The summed E-state index contributed by atoms with van der Waals surface area (Å²) in [6.07, 6.45) is 4.21. The fourth-order valence-electron chi connectivity index (χ4n) is 2.19. The van der Waals surface area contributed by atoms with E-state index in [4.69, 9.17) is 5.73 Å². The van der Waals surface area contributed by atoms with E-state index in [1.807, 2.05) is 6.07 Å². The average molecular weight is 287 g/mol. The van der Waals surface area contributed by atoms with Crippen LogP contribution in [0.25, 0.3) is 0 Å². The van der Waals surface area contributed by atoms with Gasteiger partial charge in [0.2, 0.25) is 0 Å². The third-order valence-corrected chi connectivity index (χ3v) is 3.50. The molecule has 2 rings (SSSR count). The van der Waals surface area contributed by atoms with E-state index < -0.39 is 0 Å². The topological polar surface area (TPSA) is 38.0 Å². The third kappa shape index (κ3) is 2.95. The zero-order chi connectivity index (χ0) is 11.5. The standard InChI is InChI=1S/C12H16BrFN2/c13-8-4-5-12(11(14)6-8)16-10-3-1-2-9(15)7-10/h4-6,9-10,16H,1-3,7,15H2. The first-order chi connectivity index (χ1) is 7.65. The Kier molecular flexibility index (Phi) is 3.82. The fraction of sp³-hybridized carbons (Fsp3) is 0.500. The summed E-state index contributed by atoms with van der Waals surface area (Å²) in [4.78, 5) is 0. The van der Waals surface area contributed by atoms with Crippen LogP contribution < -0.4 is 11.1 Å². The van der Waals surface area contributed by atoms with Crippen molar-refractivity contribution in [1.82, 2.24) is 0 Å². The smallest absolute Gasteiger partial charge is 0.147 e. The molecule has 0 aromatic heterocycles. The molecule has 4 heteroatoms. The van der Waals surface area contributed by atoms with Crippen molar-refractivity contribution in [2.24, 2.45) is 5.73 Å². The summed E-state index contributed by atoms with van der Waals surface area (Å²) in [7, 11) is 0. The van der Waals surface area contributed by atoms with Crippen LogP contribution in [0.4, 0.5) is 10.1 Å². The SMILES string of the molecule is NC1CCCC(Nc2ccc(Br)cc2F)C1. The van der Waals surface area contributed by atoms with Gasteiger partial charge in [-0.3, -0.25) is 0 Å². The second-order valence-electron chi connectivity index (χ2n) is 4.39. The van der Waals surface area contributed by atoms with Gasteiger partial charge < -0.3 is 11.1 Å². The van der Waals surface area contributed by atoms with Gasteiger partial charge in [0.15, 0.2) is 0 Å². The van der Waals surface area contributed by atoms with Crippen LogP contribution in [0, 0.1) is 5.82 Å². The highest BCUT2D eigenvalue weighted by molar-refractivity contribution is 9.10. The Morgan fingerprint density at radius 1 is 1.38 bits per heavy atom. The monoisotopic (exact) mass is 286 g/mol. The highest BCUT2D eigenvalue weighted by atomic mass is 79.9. The van der Waals surface area contributed by atoms with Gasteiger partial charge in [0.25, 0.3) is 0 Å². The van der Waals surface area contributed by atoms with Crippen LogP contribution in [-0.2, 0) is 0 Å². The molecule has 0 heterocycles. The highest BCUT2D eigenvalue weighted by Crippen LogP contribution is 2.24. The zero-order valence-corrected chi connectivity index (χ0v) is 10.6. The van der Waals surface area contributed by atoms with Gasteiger partial charge in [-0.25, -0.2) is 4.39 Å². The molecule has 3 N–H and O–H groups in total. The van der Waals surface area contributed by atoms with E-state index in [0.29, 0.717) is 11.7 Å². The van der Waals surface area contributed by atoms with Crippen LogP contribution in [0.3, 0.4) is 0 Å².